The summed E-state index contributed by atoms with van der Waals surface area (Å²) in [5.74, 6) is 0. The first kappa shape index (κ1) is 24.2. The van der Waals surface area contributed by atoms with Gasteiger partial charge in [0.2, 0.25) is 0 Å². The van der Waals surface area contributed by atoms with Crippen LogP contribution >= 0.6 is 0 Å². The number of hydrogen-bond donors (Lipinski definition) is 1. The van der Waals surface area contributed by atoms with E-state index in [0.29, 0.717) is 13.1 Å². The highest BCUT2D eigenvalue weighted by atomic mass is 16.6. The second kappa shape index (κ2) is 9.87. The van der Waals surface area contributed by atoms with Gasteiger partial charge >= 0.3 is 6.09 Å². The Labute approximate surface area is 212 Å². The van der Waals surface area contributed by atoms with E-state index in [1.165, 1.54) is 11.1 Å². The van der Waals surface area contributed by atoms with Crippen LogP contribution in [0, 0.1) is 6.92 Å². The van der Waals surface area contributed by atoms with Gasteiger partial charge in [-0.25, -0.2) is 9.78 Å². The summed E-state index contributed by atoms with van der Waals surface area (Å²) in [5.41, 5.74) is 14.5. The summed E-state index contributed by atoms with van der Waals surface area (Å²) >= 11 is 0. The van der Waals surface area contributed by atoms with Crippen molar-refractivity contribution in [2.75, 3.05) is 26.2 Å². The van der Waals surface area contributed by atoms with Crippen molar-refractivity contribution in [1.82, 2.24) is 24.3 Å². The molecule has 5 rings (SSSR count). The zero-order valence-electron chi connectivity index (χ0n) is 21.4. The molecule has 0 radical (unpaired) electrons. The van der Waals surface area contributed by atoms with Gasteiger partial charge in [-0.1, -0.05) is 29.8 Å². The number of nitrogens with zero attached hydrogens (tertiary/aromatic N) is 5. The minimum atomic E-state index is -0.340. The number of fused-ring (bicyclic) bond motifs is 2. The average molecular weight is 487 g/mol. The highest BCUT2D eigenvalue weighted by Gasteiger charge is 2.35. The van der Waals surface area contributed by atoms with Gasteiger partial charge in [-0.05, 0) is 55.2 Å². The molecule has 1 amide bonds. The Morgan fingerprint density at radius 1 is 1.17 bits per heavy atom. The number of piperazine rings is 1. The maximum absolute atomic E-state index is 12.5. The fourth-order valence-electron chi connectivity index (χ4n) is 5.22. The van der Waals surface area contributed by atoms with Crippen LogP contribution in [0.5, 0.6) is 0 Å². The van der Waals surface area contributed by atoms with E-state index < -0.39 is 0 Å². The highest BCUT2D eigenvalue weighted by molar-refractivity contribution is 5.88. The third-order valence-corrected chi connectivity index (χ3v) is 7.04. The number of imidazole rings is 1. The van der Waals surface area contributed by atoms with E-state index in [2.05, 4.69) is 47.1 Å². The first-order valence-corrected chi connectivity index (χ1v) is 12.5. The lowest BCUT2D eigenvalue weighted by Crippen LogP contribution is -2.50. The van der Waals surface area contributed by atoms with Crippen LogP contribution in [0.3, 0.4) is 0 Å². The van der Waals surface area contributed by atoms with Crippen LogP contribution in [0.1, 0.15) is 59.6 Å². The number of ether oxygens (including phenoxy) is 1. The maximum Gasteiger partial charge on any atom is 0.410 e. The van der Waals surface area contributed by atoms with E-state index in [1.54, 1.807) is 11.2 Å². The van der Waals surface area contributed by atoms with Crippen molar-refractivity contribution in [3.05, 3.63) is 82.7 Å². The Hall–Kier alpha value is -3.49. The number of carbonyl (C=O) groups excluding carboxylic acids is 1. The van der Waals surface area contributed by atoms with Gasteiger partial charge < -0.3 is 19.9 Å². The minimum Gasteiger partial charge on any atom is -0.447 e. The first-order chi connectivity index (χ1) is 17.3. The van der Waals surface area contributed by atoms with Crippen LogP contribution in [0.2, 0.25) is 0 Å². The third kappa shape index (κ3) is 4.54. The number of rotatable bonds is 4. The van der Waals surface area contributed by atoms with Gasteiger partial charge in [0.05, 0.1) is 42.1 Å². The van der Waals surface area contributed by atoms with Crippen molar-refractivity contribution >= 4 is 17.7 Å². The number of pyridine rings is 1. The van der Waals surface area contributed by atoms with Gasteiger partial charge in [0.25, 0.3) is 0 Å². The lowest BCUT2D eigenvalue weighted by molar-refractivity contribution is 0.0513. The van der Waals surface area contributed by atoms with Crippen molar-refractivity contribution in [1.29, 1.82) is 0 Å². The molecular formula is C28H34N6O2. The summed E-state index contributed by atoms with van der Waals surface area (Å²) in [7, 11) is 1.97. The zero-order chi connectivity index (χ0) is 25.4. The monoisotopic (exact) mass is 486 g/mol. The van der Waals surface area contributed by atoms with E-state index in [0.717, 1.165) is 41.2 Å². The molecule has 0 spiro atoms. The Morgan fingerprint density at radius 3 is 2.64 bits per heavy atom. The number of aryl methyl sites for hydroxylation is 2. The van der Waals surface area contributed by atoms with Crippen molar-refractivity contribution < 1.29 is 9.53 Å². The standard InChI is InChI=1S/C28H34N6O2/c1-18(2)36-28(35)34-12-10-33(11-13-34)27-21-8-7-19(3)14-22(21)23(15-20-6-5-9-31-26(20)27)25(29)24-16-30-17-32(24)4/h5-9,14-18,25,27H,10-13,29H2,1-4H3/t25-,27+/m1/s1. The summed E-state index contributed by atoms with van der Waals surface area (Å²) in [4.78, 5) is 25.9. The zero-order valence-corrected chi connectivity index (χ0v) is 21.4. The van der Waals surface area contributed by atoms with Crippen LogP contribution in [0.25, 0.3) is 11.6 Å². The lowest BCUT2D eigenvalue weighted by Gasteiger charge is -2.39. The molecule has 2 aliphatic rings. The van der Waals surface area contributed by atoms with Crippen molar-refractivity contribution in [2.24, 2.45) is 12.8 Å². The molecular weight excluding hydrogens is 452 g/mol. The number of amides is 1. The van der Waals surface area contributed by atoms with Crippen molar-refractivity contribution in [3.8, 4) is 0 Å². The number of nitrogens with two attached hydrogens (primary N) is 1. The Balaban J connectivity index is 1.55. The topological polar surface area (TPSA) is 89.5 Å². The van der Waals surface area contributed by atoms with Crippen molar-refractivity contribution in [2.45, 2.75) is 39.0 Å². The minimum absolute atomic E-state index is 0.0486. The molecule has 8 heteroatoms. The van der Waals surface area contributed by atoms with Crippen molar-refractivity contribution in [3.63, 3.8) is 0 Å². The number of hydrogen-bond acceptors (Lipinski definition) is 6. The molecule has 3 heterocycles. The van der Waals surface area contributed by atoms with Crippen LogP contribution in [0.4, 0.5) is 4.79 Å². The fourth-order valence-corrected chi connectivity index (χ4v) is 5.22. The summed E-state index contributed by atoms with van der Waals surface area (Å²) in [5, 5.41) is 0. The molecule has 188 valence electrons. The maximum atomic E-state index is 12.5. The van der Waals surface area contributed by atoms with Crippen LogP contribution in [-0.2, 0) is 11.8 Å². The van der Waals surface area contributed by atoms with E-state index in [9.17, 15) is 4.79 Å². The van der Waals surface area contributed by atoms with Gasteiger partial charge in [0.15, 0.2) is 0 Å². The molecule has 0 bridgehead atoms. The summed E-state index contributed by atoms with van der Waals surface area (Å²) < 4.78 is 7.40. The predicted molar refractivity (Wildman–Crippen MR) is 140 cm³/mol. The van der Waals surface area contributed by atoms with E-state index in [-0.39, 0.29) is 24.3 Å². The molecule has 2 N–H and O–H groups in total. The van der Waals surface area contributed by atoms with Gasteiger partial charge in [-0.15, -0.1) is 0 Å². The Kier molecular flexibility index (Phi) is 6.64. The molecule has 1 fully saturated rings. The predicted octanol–water partition coefficient (Wildman–Crippen LogP) is 3.93. The Morgan fingerprint density at radius 2 is 1.94 bits per heavy atom. The summed E-state index contributed by atoms with van der Waals surface area (Å²) in [6.45, 7) is 8.54. The summed E-state index contributed by atoms with van der Waals surface area (Å²) in [6.07, 6.45) is 7.29. The molecule has 1 aliphatic heterocycles. The second-order valence-electron chi connectivity index (χ2n) is 9.93. The SMILES string of the molecule is Cc1ccc2c(c1)C([C@@H](N)c1cncn1C)=Cc1cccnc1[C@H]2N1CCN(C(=O)OC(C)C)CC1. The quantitative estimate of drug-likeness (QED) is 0.601. The normalized spacial score (nSPS) is 18.8. The molecule has 1 aromatic carbocycles. The van der Waals surface area contributed by atoms with E-state index >= 15 is 0 Å². The smallest absolute Gasteiger partial charge is 0.410 e. The van der Waals surface area contributed by atoms with Crippen LogP contribution in [0.15, 0.2) is 49.1 Å². The number of carbonyl (C=O) groups is 1. The molecule has 8 nitrogen and oxygen atoms in total. The molecule has 3 aromatic rings. The molecule has 2 aromatic heterocycles. The first-order valence-electron chi connectivity index (χ1n) is 12.5. The second-order valence-corrected chi connectivity index (χ2v) is 9.93. The Bertz CT molecular complexity index is 1290. The third-order valence-electron chi connectivity index (χ3n) is 7.04. The van der Waals surface area contributed by atoms with Gasteiger partial charge in [0.1, 0.15) is 0 Å². The molecule has 2 atom stereocenters. The largest absolute Gasteiger partial charge is 0.447 e. The average Bonchev–Trinajstić information content (AvgIpc) is 3.23. The molecule has 36 heavy (non-hydrogen) atoms. The van der Waals surface area contributed by atoms with Gasteiger partial charge in [-0.3, -0.25) is 9.88 Å². The summed E-state index contributed by atoms with van der Waals surface area (Å²) in [6, 6.07) is 10.3. The molecule has 1 saturated heterocycles. The van der Waals surface area contributed by atoms with Gasteiger partial charge in [-0.2, -0.15) is 0 Å². The molecule has 1 aliphatic carbocycles. The molecule has 0 unspecified atom stereocenters. The van der Waals surface area contributed by atoms with Crippen LogP contribution < -0.4 is 5.73 Å². The number of benzene rings is 1. The lowest BCUT2D eigenvalue weighted by atomic mass is 9.89. The van der Waals surface area contributed by atoms with Gasteiger partial charge in [0, 0.05) is 39.4 Å². The number of aromatic nitrogens is 3. The highest BCUT2D eigenvalue weighted by Crippen LogP contribution is 2.43. The molecule has 0 saturated carbocycles. The van der Waals surface area contributed by atoms with E-state index in [1.807, 2.05) is 43.9 Å². The van der Waals surface area contributed by atoms with Crippen LogP contribution in [-0.4, -0.2) is 62.7 Å². The fraction of sp³-hybridized carbons (Fsp3) is 0.393. The van der Waals surface area contributed by atoms with E-state index in [4.69, 9.17) is 15.5 Å².